The van der Waals surface area contributed by atoms with Crippen LogP contribution in [0.5, 0.6) is 0 Å². The molecule has 2 N–H and O–H groups in total. The molecule has 0 saturated heterocycles. The van der Waals surface area contributed by atoms with E-state index >= 15 is 0 Å². The molecule has 1 heterocycles. The van der Waals surface area contributed by atoms with Crippen LogP contribution in [0, 0.1) is 0 Å². The Labute approximate surface area is 91.7 Å². The highest BCUT2D eigenvalue weighted by Gasteiger charge is 2.25. The summed E-state index contributed by atoms with van der Waals surface area (Å²) in [5.41, 5.74) is 10.1. The van der Waals surface area contributed by atoms with Crippen LogP contribution in [0.1, 0.15) is 62.6 Å². The van der Waals surface area contributed by atoms with Crippen LogP contribution in [0.4, 0.5) is 0 Å². The van der Waals surface area contributed by atoms with Gasteiger partial charge in [0.05, 0.1) is 5.69 Å². The lowest BCUT2D eigenvalue weighted by Gasteiger charge is -2.21. The molecule has 1 aromatic rings. The molecule has 3 nitrogen and oxygen atoms in total. The molecular formula is C12H21N3. The molecule has 84 valence electrons. The molecule has 0 radical (unpaired) electrons. The molecule has 2 rings (SSSR count). The number of fused-ring (bicyclic) bond motifs is 1. The predicted octanol–water partition coefficient (Wildman–Crippen LogP) is 2.36. The van der Waals surface area contributed by atoms with Gasteiger partial charge < -0.3 is 5.73 Å². The van der Waals surface area contributed by atoms with Gasteiger partial charge >= 0.3 is 0 Å². The Hall–Kier alpha value is -0.830. The highest BCUT2D eigenvalue weighted by atomic mass is 15.3. The van der Waals surface area contributed by atoms with Gasteiger partial charge in [-0.3, -0.25) is 4.68 Å². The molecule has 0 aliphatic heterocycles. The van der Waals surface area contributed by atoms with Crippen molar-refractivity contribution in [2.45, 2.75) is 58.5 Å². The van der Waals surface area contributed by atoms with Gasteiger partial charge in [-0.05, 0) is 39.5 Å². The van der Waals surface area contributed by atoms with Gasteiger partial charge in [0, 0.05) is 23.3 Å². The molecule has 1 unspecified atom stereocenters. The Morgan fingerprint density at radius 1 is 1.53 bits per heavy atom. The number of nitrogens with zero attached hydrogens (tertiary/aromatic N) is 2. The molecule has 1 aliphatic rings. The molecule has 0 aromatic carbocycles. The van der Waals surface area contributed by atoms with Crippen LogP contribution < -0.4 is 5.73 Å². The Bertz CT molecular complexity index is 352. The van der Waals surface area contributed by atoms with E-state index < -0.39 is 0 Å². The normalized spacial score (nSPS) is 20.7. The van der Waals surface area contributed by atoms with Crippen molar-refractivity contribution >= 4 is 0 Å². The van der Waals surface area contributed by atoms with E-state index in [9.17, 15) is 0 Å². The summed E-state index contributed by atoms with van der Waals surface area (Å²) in [5, 5.41) is 4.70. The van der Waals surface area contributed by atoms with E-state index in [1.807, 2.05) is 0 Å². The summed E-state index contributed by atoms with van der Waals surface area (Å²) in [6.45, 7) is 6.54. The first-order chi connectivity index (χ1) is 7.15. The highest BCUT2D eigenvalue weighted by Crippen LogP contribution is 2.32. The maximum absolute atomic E-state index is 6.18. The van der Waals surface area contributed by atoms with Gasteiger partial charge in [0.15, 0.2) is 0 Å². The van der Waals surface area contributed by atoms with Crippen molar-refractivity contribution in [1.29, 1.82) is 0 Å². The molecule has 0 bridgehead atoms. The minimum atomic E-state index is 0.219. The summed E-state index contributed by atoms with van der Waals surface area (Å²) in [4.78, 5) is 0. The van der Waals surface area contributed by atoms with E-state index in [0.29, 0.717) is 6.04 Å². The highest BCUT2D eigenvalue weighted by molar-refractivity contribution is 5.32. The van der Waals surface area contributed by atoms with Crippen molar-refractivity contribution in [1.82, 2.24) is 9.78 Å². The molecule has 0 spiro atoms. The summed E-state index contributed by atoms with van der Waals surface area (Å²) in [6.07, 6.45) is 4.46. The van der Waals surface area contributed by atoms with Crippen molar-refractivity contribution in [3.05, 3.63) is 17.0 Å². The van der Waals surface area contributed by atoms with Crippen molar-refractivity contribution in [2.75, 3.05) is 0 Å². The molecule has 0 fully saturated rings. The third kappa shape index (κ3) is 1.69. The smallest absolute Gasteiger partial charge is 0.0672 e. The Morgan fingerprint density at radius 2 is 2.27 bits per heavy atom. The quantitative estimate of drug-likeness (QED) is 0.809. The van der Waals surface area contributed by atoms with Gasteiger partial charge in [-0.15, -0.1) is 0 Å². The predicted molar refractivity (Wildman–Crippen MR) is 61.9 cm³/mol. The summed E-state index contributed by atoms with van der Waals surface area (Å²) >= 11 is 0. The first-order valence-electron chi connectivity index (χ1n) is 6.00. The molecule has 15 heavy (non-hydrogen) atoms. The molecule has 3 heteroatoms. The second-order valence-corrected chi connectivity index (χ2v) is 4.70. The maximum Gasteiger partial charge on any atom is 0.0672 e. The maximum atomic E-state index is 6.18. The summed E-state index contributed by atoms with van der Waals surface area (Å²) < 4.78 is 2.17. The van der Waals surface area contributed by atoms with Gasteiger partial charge in [0.25, 0.3) is 0 Å². The van der Waals surface area contributed by atoms with Crippen LogP contribution >= 0.6 is 0 Å². The Kier molecular flexibility index (Phi) is 2.83. The number of aryl methyl sites for hydroxylation is 1. The van der Waals surface area contributed by atoms with Crippen LogP contribution in [-0.4, -0.2) is 9.78 Å². The van der Waals surface area contributed by atoms with Crippen LogP contribution in [-0.2, 0) is 12.8 Å². The van der Waals surface area contributed by atoms with Crippen LogP contribution in [0.25, 0.3) is 0 Å². The standard InChI is InChI=1S/C12H21N3/c1-4-10-12-9(13)6-5-7-11(12)15(14-10)8(2)3/h8-9H,4-7,13H2,1-3H3. The number of aromatic nitrogens is 2. The van der Waals surface area contributed by atoms with Crippen LogP contribution in [0.3, 0.4) is 0 Å². The molecule has 0 saturated carbocycles. The van der Waals surface area contributed by atoms with Crippen LogP contribution in [0.2, 0.25) is 0 Å². The van der Waals surface area contributed by atoms with Crippen molar-refractivity contribution < 1.29 is 0 Å². The van der Waals surface area contributed by atoms with Gasteiger partial charge in [-0.1, -0.05) is 6.92 Å². The average Bonchev–Trinajstić information content (AvgIpc) is 2.58. The van der Waals surface area contributed by atoms with E-state index in [1.165, 1.54) is 23.4 Å². The lowest BCUT2D eigenvalue weighted by atomic mass is 9.91. The minimum absolute atomic E-state index is 0.219. The molecule has 0 amide bonds. The van der Waals surface area contributed by atoms with Crippen LogP contribution in [0.15, 0.2) is 0 Å². The van der Waals surface area contributed by atoms with Gasteiger partial charge in [0.1, 0.15) is 0 Å². The van der Waals surface area contributed by atoms with Crippen molar-refractivity contribution in [3.63, 3.8) is 0 Å². The molecule has 1 atom stereocenters. The second kappa shape index (κ2) is 3.97. The fourth-order valence-corrected chi connectivity index (χ4v) is 2.53. The zero-order chi connectivity index (χ0) is 11.0. The lowest BCUT2D eigenvalue weighted by molar-refractivity contribution is 0.479. The SMILES string of the molecule is CCc1nn(C(C)C)c2c1C(N)CCC2. The largest absolute Gasteiger partial charge is 0.324 e. The van der Waals surface area contributed by atoms with Crippen molar-refractivity contribution in [2.24, 2.45) is 5.73 Å². The summed E-state index contributed by atoms with van der Waals surface area (Å²) in [6, 6.07) is 0.667. The van der Waals surface area contributed by atoms with E-state index in [0.717, 1.165) is 19.3 Å². The molecular weight excluding hydrogens is 186 g/mol. The fourth-order valence-electron chi connectivity index (χ4n) is 2.53. The van der Waals surface area contributed by atoms with Gasteiger partial charge in [-0.25, -0.2) is 0 Å². The number of rotatable bonds is 2. The van der Waals surface area contributed by atoms with E-state index in [4.69, 9.17) is 10.8 Å². The molecule has 1 aliphatic carbocycles. The minimum Gasteiger partial charge on any atom is -0.324 e. The Morgan fingerprint density at radius 3 is 2.87 bits per heavy atom. The van der Waals surface area contributed by atoms with E-state index in [2.05, 4.69) is 25.5 Å². The summed E-state index contributed by atoms with van der Waals surface area (Å²) in [7, 11) is 0. The fraction of sp³-hybridized carbons (Fsp3) is 0.750. The number of nitrogens with two attached hydrogens (primary N) is 1. The number of hydrogen-bond acceptors (Lipinski definition) is 2. The van der Waals surface area contributed by atoms with Gasteiger partial charge in [-0.2, -0.15) is 5.10 Å². The average molecular weight is 207 g/mol. The third-order valence-electron chi connectivity index (χ3n) is 3.25. The van der Waals surface area contributed by atoms with Crippen molar-refractivity contribution in [3.8, 4) is 0 Å². The monoisotopic (exact) mass is 207 g/mol. The van der Waals surface area contributed by atoms with E-state index in [1.54, 1.807) is 0 Å². The van der Waals surface area contributed by atoms with E-state index in [-0.39, 0.29) is 6.04 Å². The first kappa shape index (κ1) is 10.7. The molecule has 1 aromatic heterocycles. The topological polar surface area (TPSA) is 43.8 Å². The zero-order valence-corrected chi connectivity index (χ0v) is 9.95. The Balaban J connectivity index is 2.52. The zero-order valence-electron chi connectivity index (χ0n) is 9.95. The summed E-state index contributed by atoms with van der Waals surface area (Å²) in [5.74, 6) is 0. The van der Waals surface area contributed by atoms with Gasteiger partial charge in [0.2, 0.25) is 0 Å². The second-order valence-electron chi connectivity index (χ2n) is 4.70. The first-order valence-corrected chi connectivity index (χ1v) is 6.00. The lowest BCUT2D eigenvalue weighted by Crippen LogP contribution is -2.19. The third-order valence-corrected chi connectivity index (χ3v) is 3.25. The number of hydrogen-bond donors (Lipinski definition) is 1.